The van der Waals surface area contributed by atoms with E-state index in [0.29, 0.717) is 19.0 Å². The SMILES string of the molecule is Oc1cc2c(cc1CN1CCNCC1)OCCO2. The number of phenolic OH excluding ortho intramolecular Hbond substituents is 1. The van der Waals surface area contributed by atoms with Crippen LogP contribution in [0, 0.1) is 0 Å². The van der Waals surface area contributed by atoms with Crippen LogP contribution in [0.1, 0.15) is 5.56 Å². The Morgan fingerprint density at radius 1 is 1.11 bits per heavy atom. The summed E-state index contributed by atoms with van der Waals surface area (Å²) in [6, 6.07) is 3.55. The van der Waals surface area contributed by atoms with Crippen LogP contribution < -0.4 is 14.8 Å². The van der Waals surface area contributed by atoms with Crippen LogP contribution in [0.5, 0.6) is 17.2 Å². The van der Waals surface area contributed by atoms with Gasteiger partial charge in [0.2, 0.25) is 0 Å². The molecule has 0 saturated carbocycles. The van der Waals surface area contributed by atoms with E-state index >= 15 is 0 Å². The van der Waals surface area contributed by atoms with Crippen LogP contribution in [0.4, 0.5) is 0 Å². The van der Waals surface area contributed by atoms with Crippen LogP contribution in [-0.2, 0) is 6.54 Å². The lowest BCUT2D eigenvalue weighted by Gasteiger charge is -2.28. The molecule has 2 aliphatic rings. The van der Waals surface area contributed by atoms with Crippen LogP contribution in [0.25, 0.3) is 0 Å². The Hall–Kier alpha value is -1.46. The van der Waals surface area contributed by atoms with E-state index in [4.69, 9.17) is 9.47 Å². The molecule has 0 bridgehead atoms. The quantitative estimate of drug-likeness (QED) is 0.803. The van der Waals surface area contributed by atoms with Gasteiger partial charge in [0.15, 0.2) is 11.5 Å². The minimum atomic E-state index is 0.290. The van der Waals surface area contributed by atoms with Crippen molar-refractivity contribution in [3.8, 4) is 17.2 Å². The highest BCUT2D eigenvalue weighted by atomic mass is 16.6. The summed E-state index contributed by atoms with van der Waals surface area (Å²) in [5.41, 5.74) is 0.904. The minimum absolute atomic E-state index is 0.290. The zero-order valence-corrected chi connectivity index (χ0v) is 10.3. The molecule has 1 saturated heterocycles. The molecule has 1 fully saturated rings. The molecule has 1 aromatic rings. The van der Waals surface area contributed by atoms with E-state index in [9.17, 15) is 5.11 Å². The molecule has 5 nitrogen and oxygen atoms in total. The number of phenols is 1. The molecule has 2 heterocycles. The predicted molar refractivity (Wildman–Crippen MR) is 67.2 cm³/mol. The molecule has 0 atom stereocenters. The molecule has 0 aromatic heterocycles. The van der Waals surface area contributed by atoms with E-state index < -0.39 is 0 Å². The Bertz CT molecular complexity index is 430. The van der Waals surface area contributed by atoms with Gasteiger partial charge in [0.05, 0.1) is 0 Å². The number of fused-ring (bicyclic) bond motifs is 1. The molecule has 5 heteroatoms. The number of aromatic hydroxyl groups is 1. The fourth-order valence-corrected chi connectivity index (χ4v) is 2.36. The molecular weight excluding hydrogens is 232 g/mol. The number of benzene rings is 1. The van der Waals surface area contributed by atoms with Gasteiger partial charge in [-0.25, -0.2) is 0 Å². The zero-order chi connectivity index (χ0) is 12.4. The standard InChI is InChI=1S/C13H18N2O3/c16-11-8-13-12(17-5-6-18-13)7-10(11)9-15-3-1-14-2-4-15/h7-8,14,16H,1-6,9H2. The van der Waals surface area contributed by atoms with E-state index in [1.54, 1.807) is 6.07 Å². The van der Waals surface area contributed by atoms with Crippen LogP contribution in [0.15, 0.2) is 12.1 Å². The van der Waals surface area contributed by atoms with Crippen LogP contribution in [0.3, 0.4) is 0 Å². The Morgan fingerprint density at radius 2 is 1.78 bits per heavy atom. The molecule has 2 N–H and O–H groups in total. The Balaban J connectivity index is 1.78. The van der Waals surface area contributed by atoms with E-state index in [-0.39, 0.29) is 5.75 Å². The summed E-state index contributed by atoms with van der Waals surface area (Å²) in [7, 11) is 0. The maximum atomic E-state index is 10.0. The van der Waals surface area contributed by atoms with Gasteiger partial charge in [0.1, 0.15) is 19.0 Å². The Labute approximate surface area is 106 Å². The monoisotopic (exact) mass is 250 g/mol. The summed E-state index contributed by atoms with van der Waals surface area (Å²) in [6.07, 6.45) is 0. The van der Waals surface area contributed by atoms with Crippen molar-refractivity contribution in [3.63, 3.8) is 0 Å². The van der Waals surface area contributed by atoms with Crippen molar-refractivity contribution in [2.75, 3.05) is 39.4 Å². The first-order valence-corrected chi connectivity index (χ1v) is 6.37. The highest BCUT2D eigenvalue weighted by Gasteiger charge is 2.18. The molecule has 0 radical (unpaired) electrons. The van der Waals surface area contributed by atoms with Crippen molar-refractivity contribution >= 4 is 0 Å². The van der Waals surface area contributed by atoms with Gasteiger partial charge in [0, 0.05) is 44.4 Å². The van der Waals surface area contributed by atoms with Crippen molar-refractivity contribution in [2.45, 2.75) is 6.54 Å². The van der Waals surface area contributed by atoms with Crippen molar-refractivity contribution in [2.24, 2.45) is 0 Å². The van der Waals surface area contributed by atoms with Crippen molar-refractivity contribution < 1.29 is 14.6 Å². The summed E-state index contributed by atoms with van der Waals surface area (Å²) >= 11 is 0. The lowest BCUT2D eigenvalue weighted by Crippen LogP contribution is -2.42. The maximum absolute atomic E-state index is 10.0. The largest absolute Gasteiger partial charge is 0.507 e. The first-order chi connectivity index (χ1) is 8.83. The van der Waals surface area contributed by atoms with Crippen molar-refractivity contribution in [1.82, 2.24) is 10.2 Å². The second-order valence-electron chi connectivity index (χ2n) is 4.65. The lowest BCUT2D eigenvalue weighted by atomic mass is 10.1. The first-order valence-electron chi connectivity index (χ1n) is 6.37. The molecule has 0 aliphatic carbocycles. The molecular formula is C13H18N2O3. The minimum Gasteiger partial charge on any atom is -0.507 e. The topological polar surface area (TPSA) is 54.0 Å². The summed E-state index contributed by atoms with van der Waals surface area (Å²) in [5, 5.41) is 13.3. The second-order valence-corrected chi connectivity index (χ2v) is 4.65. The van der Waals surface area contributed by atoms with E-state index in [1.165, 1.54) is 0 Å². The number of nitrogens with zero attached hydrogens (tertiary/aromatic N) is 1. The van der Waals surface area contributed by atoms with Crippen molar-refractivity contribution in [3.05, 3.63) is 17.7 Å². The molecule has 0 spiro atoms. The molecule has 0 amide bonds. The lowest BCUT2D eigenvalue weighted by molar-refractivity contribution is 0.169. The molecule has 3 rings (SSSR count). The number of hydrogen-bond donors (Lipinski definition) is 2. The van der Waals surface area contributed by atoms with Gasteiger partial charge in [-0.3, -0.25) is 4.90 Å². The molecule has 1 aromatic carbocycles. The Morgan fingerprint density at radius 3 is 2.50 bits per heavy atom. The summed E-state index contributed by atoms with van der Waals surface area (Å²) in [5.74, 6) is 1.67. The molecule has 18 heavy (non-hydrogen) atoms. The normalized spacial score (nSPS) is 19.8. The fraction of sp³-hybridized carbons (Fsp3) is 0.538. The van der Waals surface area contributed by atoms with Crippen molar-refractivity contribution in [1.29, 1.82) is 0 Å². The third-order valence-corrected chi connectivity index (χ3v) is 3.35. The predicted octanol–water partition coefficient (Wildman–Crippen LogP) is 0.569. The van der Waals surface area contributed by atoms with Crippen LogP contribution in [0.2, 0.25) is 0 Å². The maximum Gasteiger partial charge on any atom is 0.165 e. The second kappa shape index (κ2) is 5.04. The van der Waals surface area contributed by atoms with Crippen LogP contribution >= 0.6 is 0 Å². The molecule has 2 aliphatic heterocycles. The summed E-state index contributed by atoms with van der Waals surface area (Å²) < 4.78 is 11.0. The van der Waals surface area contributed by atoms with Gasteiger partial charge in [-0.2, -0.15) is 0 Å². The molecule has 98 valence electrons. The van der Waals surface area contributed by atoms with Gasteiger partial charge in [-0.1, -0.05) is 0 Å². The van der Waals surface area contributed by atoms with Gasteiger partial charge in [-0.15, -0.1) is 0 Å². The average Bonchev–Trinajstić information content (AvgIpc) is 2.41. The summed E-state index contributed by atoms with van der Waals surface area (Å²) in [4.78, 5) is 2.32. The average molecular weight is 250 g/mol. The Kier molecular flexibility index (Phi) is 3.25. The van der Waals surface area contributed by atoms with Gasteiger partial charge < -0.3 is 19.9 Å². The first kappa shape index (κ1) is 11.6. The van der Waals surface area contributed by atoms with E-state index in [1.807, 2.05) is 6.07 Å². The zero-order valence-electron chi connectivity index (χ0n) is 10.3. The third-order valence-electron chi connectivity index (χ3n) is 3.35. The van der Waals surface area contributed by atoms with E-state index in [0.717, 1.165) is 44.0 Å². The van der Waals surface area contributed by atoms with Crippen LogP contribution in [-0.4, -0.2) is 49.4 Å². The van der Waals surface area contributed by atoms with Gasteiger partial charge in [0.25, 0.3) is 0 Å². The number of ether oxygens (including phenoxy) is 2. The number of hydrogen-bond acceptors (Lipinski definition) is 5. The molecule has 0 unspecified atom stereocenters. The fourth-order valence-electron chi connectivity index (χ4n) is 2.36. The highest BCUT2D eigenvalue weighted by molar-refractivity contribution is 5.50. The third kappa shape index (κ3) is 2.37. The summed E-state index contributed by atoms with van der Waals surface area (Å²) in [6.45, 7) is 5.90. The van der Waals surface area contributed by atoms with E-state index in [2.05, 4.69) is 10.2 Å². The highest BCUT2D eigenvalue weighted by Crippen LogP contribution is 2.36. The van der Waals surface area contributed by atoms with Gasteiger partial charge >= 0.3 is 0 Å². The smallest absolute Gasteiger partial charge is 0.165 e. The van der Waals surface area contributed by atoms with Gasteiger partial charge in [-0.05, 0) is 6.07 Å². The number of rotatable bonds is 2. The number of nitrogens with one attached hydrogen (secondary N) is 1. The number of piperazine rings is 1.